The van der Waals surface area contributed by atoms with Gasteiger partial charge in [0.25, 0.3) is 0 Å². The summed E-state index contributed by atoms with van der Waals surface area (Å²) >= 11 is 0. The molecule has 1 aliphatic rings. The average Bonchev–Trinajstić information content (AvgIpc) is 2.74. The van der Waals surface area contributed by atoms with Crippen molar-refractivity contribution >= 4 is 5.57 Å². The molecule has 0 saturated heterocycles. The Labute approximate surface area is 175 Å². The molecule has 0 nitrogen and oxygen atoms in total. The summed E-state index contributed by atoms with van der Waals surface area (Å²) in [4.78, 5) is 0. The van der Waals surface area contributed by atoms with E-state index in [1.165, 1.54) is 50.1 Å². The second-order valence-electron chi connectivity index (χ2n) is 8.39. The Morgan fingerprint density at radius 1 is 0.759 bits per heavy atom. The third kappa shape index (κ3) is 4.12. The normalized spacial score (nSPS) is 14.9. The molecule has 3 aromatic carbocycles. The summed E-state index contributed by atoms with van der Waals surface area (Å²) in [5.41, 5.74) is 12.4. The van der Waals surface area contributed by atoms with Crippen molar-refractivity contribution in [2.75, 3.05) is 0 Å². The van der Waals surface area contributed by atoms with Crippen LogP contribution in [0.25, 0.3) is 16.7 Å². The summed E-state index contributed by atoms with van der Waals surface area (Å²) in [5.74, 6) is 0.428. The molecule has 0 bridgehead atoms. The molecule has 0 saturated carbocycles. The van der Waals surface area contributed by atoms with Gasteiger partial charge in [0.1, 0.15) is 0 Å². The van der Waals surface area contributed by atoms with E-state index in [9.17, 15) is 0 Å². The lowest BCUT2D eigenvalue weighted by molar-refractivity contribution is 0.886. The Morgan fingerprint density at radius 2 is 1.55 bits per heavy atom. The van der Waals surface area contributed by atoms with E-state index in [1.54, 1.807) is 0 Å². The summed E-state index contributed by atoms with van der Waals surface area (Å²) in [6.45, 7) is 8.93. The van der Waals surface area contributed by atoms with Gasteiger partial charge in [0.2, 0.25) is 0 Å². The van der Waals surface area contributed by atoms with E-state index in [4.69, 9.17) is 0 Å². The lowest BCUT2D eigenvalue weighted by Crippen LogP contribution is -2.01. The van der Waals surface area contributed by atoms with Gasteiger partial charge in [0.15, 0.2) is 0 Å². The molecular formula is C29H30. The van der Waals surface area contributed by atoms with Gasteiger partial charge in [-0.15, -0.1) is 0 Å². The number of benzene rings is 3. The average molecular weight is 379 g/mol. The lowest BCUT2D eigenvalue weighted by atomic mass is 9.84. The zero-order valence-electron chi connectivity index (χ0n) is 18.0. The summed E-state index contributed by atoms with van der Waals surface area (Å²) in [5, 5.41) is 0. The van der Waals surface area contributed by atoms with Gasteiger partial charge in [-0.25, -0.2) is 0 Å². The van der Waals surface area contributed by atoms with E-state index >= 15 is 0 Å². The molecule has 29 heavy (non-hydrogen) atoms. The maximum Gasteiger partial charge on any atom is 0.00580 e. The summed E-state index contributed by atoms with van der Waals surface area (Å²) in [6, 6.07) is 24.5. The van der Waals surface area contributed by atoms with Gasteiger partial charge in [0.05, 0.1) is 0 Å². The molecule has 1 unspecified atom stereocenters. The molecule has 1 atom stereocenters. The van der Waals surface area contributed by atoms with Gasteiger partial charge >= 0.3 is 0 Å². The van der Waals surface area contributed by atoms with Crippen LogP contribution in [0.2, 0.25) is 0 Å². The van der Waals surface area contributed by atoms with Crippen LogP contribution in [0.5, 0.6) is 0 Å². The maximum absolute atomic E-state index is 2.43. The molecule has 0 aliphatic heterocycles. The van der Waals surface area contributed by atoms with Crippen LogP contribution in [-0.4, -0.2) is 0 Å². The Kier molecular flexibility index (Phi) is 5.53. The minimum Gasteiger partial charge on any atom is -0.0804 e. The fourth-order valence-electron chi connectivity index (χ4n) is 4.43. The Balaban J connectivity index is 1.64. The van der Waals surface area contributed by atoms with Gasteiger partial charge < -0.3 is 0 Å². The van der Waals surface area contributed by atoms with Crippen molar-refractivity contribution < 1.29 is 0 Å². The third-order valence-electron chi connectivity index (χ3n) is 6.21. The van der Waals surface area contributed by atoms with Gasteiger partial charge in [-0.2, -0.15) is 0 Å². The van der Waals surface area contributed by atoms with Crippen LogP contribution in [0, 0.1) is 20.8 Å². The maximum atomic E-state index is 2.43. The smallest absolute Gasteiger partial charge is 0.00580 e. The first kappa shape index (κ1) is 19.5. The van der Waals surface area contributed by atoms with Crippen LogP contribution >= 0.6 is 0 Å². The molecule has 0 radical (unpaired) electrons. The largest absolute Gasteiger partial charge is 0.0804 e. The molecule has 0 spiro atoms. The molecular weight excluding hydrogens is 348 g/mol. The number of hydrogen-bond acceptors (Lipinski definition) is 0. The zero-order valence-corrected chi connectivity index (χ0v) is 18.0. The molecule has 4 rings (SSSR count). The van der Waals surface area contributed by atoms with Gasteiger partial charge in [-0.05, 0) is 78.1 Å². The van der Waals surface area contributed by atoms with Crippen molar-refractivity contribution in [1.82, 2.24) is 0 Å². The Bertz CT molecular complexity index is 1090. The third-order valence-corrected chi connectivity index (χ3v) is 6.21. The monoisotopic (exact) mass is 378 g/mol. The minimum absolute atomic E-state index is 0.428. The van der Waals surface area contributed by atoms with Crippen molar-refractivity contribution in [1.29, 1.82) is 0 Å². The van der Waals surface area contributed by atoms with Crippen molar-refractivity contribution in [3.63, 3.8) is 0 Å². The number of allylic oxidation sites excluding steroid dienone is 4. The van der Waals surface area contributed by atoms with Gasteiger partial charge in [-0.3, -0.25) is 0 Å². The molecule has 3 aromatic rings. The predicted molar refractivity (Wildman–Crippen MR) is 126 cm³/mol. The quantitative estimate of drug-likeness (QED) is 0.429. The van der Waals surface area contributed by atoms with E-state index in [1.807, 2.05) is 0 Å². The topological polar surface area (TPSA) is 0 Å². The summed E-state index contributed by atoms with van der Waals surface area (Å²) < 4.78 is 0. The molecule has 0 heterocycles. The number of hydrogen-bond donors (Lipinski definition) is 0. The van der Waals surface area contributed by atoms with Crippen LogP contribution in [-0.2, 0) is 0 Å². The molecule has 0 heteroatoms. The second kappa shape index (κ2) is 8.25. The first-order valence-corrected chi connectivity index (χ1v) is 10.7. The van der Waals surface area contributed by atoms with Crippen LogP contribution in [0.1, 0.15) is 53.5 Å². The van der Waals surface area contributed by atoms with E-state index in [-0.39, 0.29) is 0 Å². The summed E-state index contributed by atoms with van der Waals surface area (Å²) in [6.07, 6.45) is 7.09. The highest BCUT2D eigenvalue weighted by atomic mass is 14.2. The minimum atomic E-state index is 0.428. The first-order chi connectivity index (χ1) is 14.0. The highest BCUT2D eigenvalue weighted by molar-refractivity contribution is 5.76. The van der Waals surface area contributed by atoms with Crippen LogP contribution in [0.15, 0.2) is 84.5 Å². The zero-order chi connectivity index (χ0) is 20.4. The standard InChI is InChI=1S/C29H30/c1-20-9-7-11-24(17-20)23(4)25-12-8-13-26(19-25)27-15-16-29(22(3)18-27)28-14-6-5-10-21(28)2/h5-7,9-12,14-19,23H,8,13H2,1-4H3. The Morgan fingerprint density at radius 3 is 2.31 bits per heavy atom. The fourth-order valence-corrected chi connectivity index (χ4v) is 4.43. The van der Waals surface area contributed by atoms with E-state index in [0.29, 0.717) is 5.92 Å². The second-order valence-corrected chi connectivity index (χ2v) is 8.39. The molecule has 0 fully saturated rings. The summed E-state index contributed by atoms with van der Waals surface area (Å²) in [7, 11) is 0. The highest BCUT2D eigenvalue weighted by Crippen LogP contribution is 2.36. The molecule has 0 aromatic heterocycles. The van der Waals surface area contributed by atoms with Crippen LogP contribution < -0.4 is 0 Å². The van der Waals surface area contributed by atoms with Crippen molar-refractivity contribution in [2.45, 2.75) is 46.5 Å². The van der Waals surface area contributed by atoms with Crippen LogP contribution in [0.3, 0.4) is 0 Å². The SMILES string of the molecule is Cc1cccc(C(C)C2=CCCC(c3ccc(-c4ccccc4C)c(C)c3)=C2)c1. The van der Waals surface area contributed by atoms with E-state index in [0.717, 1.165) is 12.8 Å². The molecule has 146 valence electrons. The fraction of sp³-hybridized carbons (Fsp3) is 0.241. The first-order valence-electron chi connectivity index (χ1n) is 10.7. The lowest BCUT2D eigenvalue weighted by Gasteiger charge is -2.21. The number of rotatable bonds is 4. The van der Waals surface area contributed by atoms with E-state index < -0.39 is 0 Å². The Hall–Kier alpha value is -2.86. The van der Waals surface area contributed by atoms with Crippen molar-refractivity contribution in [2.24, 2.45) is 0 Å². The molecule has 1 aliphatic carbocycles. The van der Waals surface area contributed by atoms with Gasteiger partial charge in [-0.1, -0.05) is 91.4 Å². The molecule has 0 amide bonds. The van der Waals surface area contributed by atoms with Crippen LogP contribution in [0.4, 0.5) is 0 Å². The molecule has 0 N–H and O–H groups in total. The van der Waals surface area contributed by atoms with E-state index in [2.05, 4.69) is 107 Å². The number of aryl methyl sites for hydroxylation is 3. The van der Waals surface area contributed by atoms with Crippen molar-refractivity contribution in [3.05, 3.63) is 112 Å². The van der Waals surface area contributed by atoms with Crippen molar-refractivity contribution in [3.8, 4) is 11.1 Å². The highest BCUT2D eigenvalue weighted by Gasteiger charge is 2.15. The van der Waals surface area contributed by atoms with Gasteiger partial charge in [0, 0.05) is 5.92 Å². The predicted octanol–water partition coefficient (Wildman–Crippen LogP) is 8.19.